The number of aliphatic hydroxyl groups excluding tert-OH is 12. The highest BCUT2D eigenvalue weighted by atomic mass is 16.7. The Morgan fingerprint density at radius 1 is 0.688 bits per heavy atom. The Balaban J connectivity index is 1.94. The van der Waals surface area contributed by atoms with Gasteiger partial charge in [0.15, 0.2) is 6.29 Å². The van der Waals surface area contributed by atoms with E-state index in [0.717, 1.165) is 5.56 Å². The second-order valence-corrected chi connectivity index (χ2v) is 17.2. The second-order valence-electron chi connectivity index (χ2n) is 17.2. The number of benzene rings is 1. The highest BCUT2D eigenvalue weighted by molar-refractivity contribution is 5.87. The quantitative estimate of drug-likeness (QED) is 0.0278. The molecular weight excluding hydrogens is 829 g/mol. The molecule has 1 fully saturated rings. The third-order valence-electron chi connectivity index (χ3n) is 11.2. The number of ether oxygens (including phenoxy) is 2. The van der Waals surface area contributed by atoms with Crippen LogP contribution in [0.3, 0.4) is 0 Å². The van der Waals surface area contributed by atoms with Gasteiger partial charge in [0.25, 0.3) is 0 Å². The summed E-state index contributed by atoms with van der Waals surface area (Å²) < 4.78 is 12.0. The lowest BCUT2D eigenvalue weighted by Crippen LogP contribution is -2.58. The molecule has 0 radical (unpaired) electrons. The van der Waals surface area contributed by atoms with Gasteiger partial charge in [-0.2, -0.15) is 0 Å². The van der Waals surface area contributed by atoms with E-state index in [4.69, 9.17) is 20.2 Å². The maximum atomic E-state index is 11.2. The van der Waals surface area contributed by atoms with Crippen LogP contribution in [-0.4, -0.2) is 165 Å². The summed E-state index contributed by atoms with van der Waals surface area (Å²) in [5.74, 6) is -0.457. The van der Waals surface area contributed by atoms with E-state index in [2.05, 4.69) is 0 Å². The molecule has 2 rings (SSSR count). The van der Waals surface area contributed by atoms with Crippen LogP contribution < -0.4 is 5.73 Å². The van der Waals surface area contributed by atoms with Gasteiger partial charge in [-0.05, 0) is 83.7 Å². The number of aliphatic hydroxyl groups is 12. The van der Waals surface area contributed by atoms with E-state index in [0.29, 0.717) is 38.1 Å². The van der Waals surface area contributed by atoms with Gasteiger partial charge in [-0.3, -0.25) is 4.99 Å². The van der Waals surface area contributed by atoms with Crippen LogP contribution in [0.5, 0.6) is 0 Å². The molecular formula is C48H80N2O14. The number of hydrogen-bond acceptors (Lipinski definition) is 16. The van der Waals surface area contributed by atoms with Crippen LogP contribution in [0.2, 0.25) is 0 Å². The van der Waals surface area contributed by atoms with Crippen molar-refractivity contribution in [1.29, 1.82) is 0 Å². The van der Waals surface area contributed by atoms with Crippen molar-refractivity contribution < 1.29 is 70.8 Å². The zero-order chi connectivity index (χ0) is 47.6. The molecule has 1 aliphatic heterocycles. The fourth-order valence-corrected chi connectivity index (χ4v) is 7.50. The minimum atomic E-state index is -1.52. The van der Waals surface area contributed by atoms with Crippen molar-refractivity contribution in [3.05, 3.63) is 84.5 Å². The molecule has 1 saturated heterocycles. The molecule has 16 unspecified atom stereocenters. The van der Waals surface area contributed by atoms with Gasteiger partial charge < -0.3 is 76.5 Å². The molecule has 1 aliphatic rings. The highest BCUT2D eigenvalue weighted by Gasteiger charge is 2.44. The molecule has 16 atom stereocenters. The van der Waals surface area contributed by atoms with E-state index in [1.54, 1.807) is 13.0 Å². The normalized spacial score (nSPS) is 25.4. The third-order valence-corrected chi connectivity index (χ3v) is 11.2. The lowest BCUT2D eigenvalue weighted by atomic mass is 9.90. The molecule has 1 aromatic rings. The van der Waals surface area contributed by atoms with Crippen molar-refractivity contribution in [2.45, 2.75) is 196 Å². The Bertz CT molecular complexity index is 1510. The summed E-state index contributed by atoms with van der Waals surface area (Å²) in [7, 11) is 0. The van der Waals surface area contributed by atoms with E-state index in [-0.39, 0.29) is 57.8 Å². The lowest BCUT2D eigenvalue weighted by molar-refractivity contribution is -0.305. The fraction of sp³-hybridized carbons (Fsp3) is 0.688. The zero-order valence-corrected chi connectivity index (χ0v) is 37.9. The number of nitrogens with zero attached hydrogens (tertiary/aromatic N) is 1. The molecule has 0 bridgehead atoms. The molecule has 14 N–H and O–H groups in total. The maximum absolute atomic E-state index is 11.2. The second kappa shape index (κ2) is 32.0. The molecule has 0 aromatic heterocycles. The third kappa shape index (κ3) is 23.6. The number of nitrogens with two attached hydrogens (primary N) is 1. The van der Waals surface area contributed by atoms with Crippen LogP contribution in [0.15, 0.2) is 83.9 Å². The molecule has 366 valence electrons. The first-order valence-electron chi connectivity index (χ1n) is 22.8. The standard InChI is InChI=1S/C48H80N2O14/c1-4-5-6-10-21-44(64-48-47(62)46(61)45(60)32(3)63-48)31(2)43(50-30-33-14-8-7-9-15-33)29-42(59)28-41(58)26-37(54)19-12-18-36(53)25-40(57)27-39(56)24-35(52)17-11-16-34(51)23-38(55)20-13-22-49/h4-12,14-15,17,19,31-32,34-42,44-48,51-62H,13,16,18,20-30,49H2,1-3H3. The average molecular weight is 909 g/mol. The van der Waals surface area contributed by atoms with Gasteiger partial charge >= 0.3 is 0 Å². The summed E-state index contributed by atoms with van der Waals surface area (Å²) in [6.07, 6.45) is -0.922. The van der Waals surface area contributed by atoms with Crippen LogP contribution in [0.25, 0.3) is 0 Å². The molecule has 1 aromatic carbocycles. The fourth-order valence-electron chi connectivity index (χ4n) is 7.50. The molecule has 1 heterocycles. The highest BCUT2D eigenvalue weighted by Crippen LogP contribution is 2.28. The molecule has 64 heavy (non-hydrogen) atoms. The van der Waals surface area contributed by atoms with Crippen LogP contribution in [0.4, 0.5) is 0 Å². The molecule has 0 spiro atoms. The van der Waals surface area contributed by atoms with Gasteiger partial charge in [-0.25, -0.2) is 0 Å². The number of rotatable bonds is 32. The van der Waals surface area contributed by atoms with Gasteiger partial charge in [-0.1, -0.05) is 85.9 Å². The van der Waals surface area contributed by atoms with Crippen LogP contribution in [-0.2, 0) is 16.0 Å². The van der Waals surface area contributed by atoms with Gasteiger partial charge in [0.2, 0.25) is 0 Å². The minimum absolute atomic E-state index is 0.0479. The molecule has 0 aliphatic carbocycles. The largest absolute Gasteiger partial charge is 0.393 e. The summed E-state index contributed by atoms with van der Waals surface area (Å²) >= 11 is 0. The van der Waals surface area contributed by atoms with Gasteiger partial charge in [0.1, 0.15) is 18.3 Å². The van der Waals surface area contributed by atoms with Gasteiger partial charge in [0, 0.05) is 30.9 Å². The molecule has 0 saturated carbocycles. The van der Waals surface area contributed by atoms with E-state index < -0.39 is 97.7 Å². The Labute approximate surface area is 379 Å². The van der Waals surface area contributed by atoms with Crippen molar-refractivity contribution in [2.75, 3.05) is 6.54 Å². The van der Waals surface area contributed by atoms with Crippen LogP contribution >= 0.6 is 0 Å². The average Bonchev–Trinajstić information content (AvgIpc) is 3.23. The smallest absolute Gasteiger partial charge is 0.186 e. The predicted octanol–water partition coefficient (Wildman–Crippen LogP) is 1.61. The first-order valence-corrected chi connectivity index (χ1v) is 22.8. The van der Waals surface area contributed by atoms with E-state index in [1.165, 1.54) is 18.2 Å². The van der Waals surface area contributed by atoms with Crippen LogP contribution in [0.1, 0.15) is 103 Å². The number of allylic oxidation sites excluding steroid dienone is 3. The first-order chi connectivity index (χ1) is 30.4. The van der Waals surface area contributed by atoms with Crippen molar-refractivity contribution in [2.24, 2.45) is 16.6 Å². The summed E-state index contributed by atoms with van der Waals surface area (Å²) in [5, 5.41) is 126. The van der Waals surface area contributed by atoms with E-state index >= 15 is 0 Å². The minimum Gasteiger partial charge on any atom is -0.393 e. The Morgan fingerprint density at radius 2 is 1.23 bits per heavy atom. The summed E-state index contributed by atoms with van der Waals surface area (Å²) in [5.41, 5.74) is 6.93. The number of aliphatic imine (C=N–C) groups is 1. The molecule has 16 nitrogen and oxygen atoms in total. The SMILES string of the molecule is CC=CC=CCC(OC1OC(C)C(O)C(O)C1O)C(C)C(CC(O)CC(O)CC(O)C=CCC(O)CC(O)CC(O)CC(O)C=CCC(O)CC(O)CCCN)=NCc1ccccc1. The summed E-state index contributed by atoms with van der Waals surface area (Å²) in [4.78, 5) is 4.87. The summed E-state index contributed by atoms with van der Waals surface area (Å²) in [6.45, 7) is 6.08. The zero-order valence-electron chi connectivity index (χ0n) is 37.9. The summed E-state index contributed by atoms with van der Waals surface area (Å²) in [6, 6.07) is 9.52. The van der Waals surface area contributed by atoms with Crippen molar-refractivity contribution in [3.63, 3.8) is 0 Å². The first kappa shape index (κ1) is 57.4. The monoisotopic (exact) mass is 909 g/mol. The van der Waals surface area contributed by atoms with Crippen LogP contribution in [0, 0.1) is 5.92 Å². The van der Waals surface area contributed by atoms with Crippen molar-refractivity contribution in [1.82, 2.24) is 0 Å². The Morgan fingerprint density at radius 3 is 1.81 bits per heavy atom. The number of hydrogen-bond donors (Lipinski definition) is 13. The van der Waals surface area contributed by atoms with E-state index in [9.17, 15) is 61.3 Å². The van der Waals surface area contributed by atoms with E-state index in [1.807, 2.05) is 68.5 Å². The molecule has 0 amide bonds. The lowest BCUT2D eigenvalue weighted by Gasteiger charge is -2.41. The molecule has 16 heteroatoms. The van der Waals surface area contributed by atoms with Crippen molar-refractivity contribution >= 4 is 5.71 Å². The Kier molecular flexibility index (Phi) is 28.7. The Hall–Kier alpha value is -2.75. The topological polar surface area (TPSA) is 300 Å². The van der Waals surface area contributed by atoms with Gasteiger partial charge in [-0.15, -0.1) is 0 Å². The van der Waals surface area contributed by atoms with Gasteiger partial charge in [0.05, 0.1) is 73.7 Å². The van der Waals surface area contributed by atoms with Crippen molar-refractivity contribution in [3.8, 4) is 0 Å². The predicted molar refractivity (Wildman–Crippen MR) is 245 cm³/mol. The maximum Gasteiger partial charge on any atom is 0.186 e.